The molecule has 0 saturated carbocycles. The van der Waals surface area contributed by atoms with Gasteiger partial charge >= 0.3 is 6.09 Å². The van der Waals surface area contributed by atoms with Crippen LogP contribution in [0.3, 0.4) is 0 Å². The molecule has 2 fully saturated rings. The highest BCUT2D eigenvalue weighted by atomic mass is 127. The normalized spacial score (nSPS) is 27.0. The van der Waals surface area contributed by atoms with Crippen LogP contribution in [0.4, 0.5) is 10.6 Å². The molecular weight excluding hydrogens is 407 g/mol. The Hall–Kier alpha value is -1.12. The lowest BCUT2D eigenvalue weighted by molar-refractivity contribution is 0.00682. The minimum Gasteiger partial charge on any atom is -0.444 e. The van der Waals surface area contributed by atoms with Crippen LogP contribution in [0.25, 0.3) is 0 Å². The number of anilines is 1. The molecule has 6 nitrogen and oxygen atoms in total. The van der Waals surface area contributed by atoms with E-state index in [1.54, 1.807) is 0 Å². The summed E-state index contributed by atoms with van der Waals surface area (Å²) in [6.45, 7) is 5.74. The number of carbonyl (C=O) groups is 1. The molecule has 23 heavy (non-hydrogen) atoms. The molecular formula is C16H23IN4O2. The van der Waals surface area contributed by atoms with Crippen LogP contribution in [-0.2, 0) is 4.74 Å². The molecule has 3 rings (SSSR count). The van der Waals surface area contributed by atoms with Crippen LogP contribution in [0.1, 0.15) is 46.5 Å². The molecule has 0 aliphatic carbocycles. The van der Waals surface area contributed by atoms with E-state index in [4.69, 9.17) is 4.74 Å². The van der Waals surface area contributed by atoms with Crippen LogP contribution < -0.4 is 5.32 Å². The van der Waals surface area contributed by atoms with Crippen LogP contribution in [-0.4, -0.2) is 44.9 Å². The van der Waals surface area contributed by atoms with Gasteiger partial charge in [-0.3, -0.25) is 0 Å². The lowest BCUT2D eigenvalue weighted by Gasteiger charge is -2.39. The summed E-state index contributed by atoms with van der Waals surface area (Å²) in [7, 11) is 0. The van der Waals surface area contributed by atoms with Gasteiger partial charge < -0.3 is 15.0 Å². The SMILES string of the molecule is CC(C)(C)OC(=O)N1[C@@H]2CC[C@H]1CC(Nc1ccc(I)nn1)C2. The minimum atomic E-state index is -0.442. The number of rotatable bonds is 2. The number of piperidine rings is 1. The fourth-order valence-electron chi connectivity index (χ4n) is 3.51. The van der Waals surface area contributed by atoms with E-state index in [0.29, 0.717) is 6.04 Å². The number of amides is 1. The van der Waals surface area contributed by atoms with Gasteiger partial charge in [0, 0.05) is 18.1 Å². The Morgan fingerprint density at radius 3 is 2.43 bits per heavy atom. The van der Waals surface area contributed by atoms with Gasteiger partial charge in [-0.2, -0.15) is 0 Å². The second kappa shape index (κ2) is 6.41. The first-order chi connectivity index (χ1) is 10.8. The second-order valence-electron chi connectivity index (χ2n) is 7.33. The summed E-state index contributed by atoms with van der Waals surface area (Å²) in [4.78, 5) is 14.4. The van der Waals surface area contributed by atoms with Gasteiger partial charge in [0.05, 0.1) is 0 Å². The Balaban J connectivity index is 1.62. The third kappa shape index (κ3) is 4.05. The van der Waals surface area contributed by atoms with Gasteiger partial charge in [0.1, 0.15) is 15.1 Å². The maximum absolute atomic E-state index is 12.4. The molecule has 1 unspecified atom stereocenters. The Bertz CT molecular complexity index is 558. The van der Waals surface area contributed by atoms with E-state index in [2.05, 4.69) is 38.1 Å². The van der Waals surface area contributed by atoms with Gasteiger partial charge in [-0.1, -0.05) is 0 Å². The van der Waals surface area contributed by atoms with Crippen molar-refractivity contribution in [1.29, 1.82) is 0 Å². The molecule has 3 heterocycles. The highest BCUT2D eigenvalue weighted by Gasteiger charge is 2.44. The van der Waals surface area contributed by atoms with Crippen LogP contribution in [0.5, 0.6) is 0 Å². The molecule has 2 saturated heterocycles. The molecule has 1 aromatic heterocycles. The van der Waals surface area contributed by atoms with Crippen LogP contribution in [0, 0.1) is 3.70 Å². The van der Waals surface area contributed by atoms with E-state index < -0.39 is 5.60 Å². The average molecular weight is 430 g/mol. The number of ether oxygens (including phenoxy) is 1. The lowest BCUT2D eigenvalue weighted by atomic mass is 9.98. The van der Waals surface area contributed by atoms with E-state index in [0.717, 1.165) is 35.2 Å². The van der Waals surface area contributed by atoms with Crippen LogP contribution in [0.2, 0.25) is 0 Å². The number of fused-ring (bicyclic) bond motifs is 2. The summed E-state index contributed by atoms with van der Waals surface area (Å²) < 4.78 is 6.45. The maximum atomic E-state index is 12.4. The maximum Gasteiger partial charge on any atom is 0.410 e. The fraction of sp³-hybridized carbons (Fsp3) is 0.688. The quantitative estimate of drug-likeness (QED) is 0.729. The highest BCUT2D eigenvalue weighted by Crippen LogP contribution is 2.37. The molecule has 2 bridgehead atoms. The van der Waals surface area contributed by atoms with Crippen molar-refractivity contribution in [2.45, 2.75) is 70.2 Å². The molecule has 1 aromatic rings. The lowest BCUT2D eigenvalue weighted by Crippen LogP contribution is -2.51. The van der Waals surface area contributed by atoms with Gasteiger partial charge in [0.15, 0.2) is 0 Å². The summed E-state index contributed by atoms with van der Waals surface area (Å²) in [6, 6.07) is 4.76. The van der Waals surface area contributed by atoms with E-state index >= 15 is 0 Å². The predicted molar refractivity (Wildman–Crippen MR) is 96.3 cm³/mol. The summed E-state index contributed by atoms with van der Waals surface area (Å²) in [5, 5.41) is 11.7. The molecule has 1 N–H and O–H groups in total. The van der Waals surface area contributed by atoms with Crippen molar-refractivity contribution in [3.63, 3.8) is 0 Å². The topological polar surface area (TPSA) is 67.3 Å². The van der Waals surface area contributed by atoms with E-state index in [1.807, 2.05) is 37.8 Å². The molecule has 0 spiro atoms. The summed E-state index contributed by atoms with van der Waals surface area (Å²) in [5.74, 6) is 0.806. The number of nitrogens with one attached hydrogen (secondary N) is 1. The van der Waals surface area contributed by atoms with Crippen molar-refractivity contribution >= 4 is 34.5 Å². The number of aromatic nitrogens is 2. The molecule has 2 aliphatic rings. The van der Waals surface area contributed by atoms with E-state index in [9.17, 15) is 4.79 Å². The Labute approximate surface area is 150 Å². The first-order valence-corrected chi connectivity index (χ1v) is 9.17. The zero-order chi connectivity index (χ0) is 16.6. The van der Waals surface area contributed by atoms with Gasteiger partial charge in [-0.15, -0.1) is 10.2 Å². The molecule has 1 amide bonds. The third-order valence-electron chi connectivity index (χ3n) is 4.32. The number of hydrogen-bond acceptors (Lipinski definition) is 5. The van der Waals surface area contributed by atoms with Gasteiger partial charge in [-0.25, -0.2) is 4.79 Å². The standard InChI is InChI=1S/C16H23IN4O2/c1-16(2,3)23-15(22)21-11-4-5-12(21)9-10(8-11)18-14-7-6-13(17)19-20-14/h6-7,10-12H,4-5,8-9H2,1-3H3,(H,18,20)/t10?,11-,12+. The fourth-order valence-corrected chi connectivity index (χ4v) is 3.80. The Morgan fingerprint density at radius 2 is 1.91 bits per heavy atom. The first-order valence-electron chi connectivity index (χ1n) is 8.09. The van der Waals surface area contributed by atoms with Crippen molar-refractivity contribution in [2.24, 2.45) is 0 Å². The second-order valence-corrected chi connectivity index (χ2v) is 8.43. The summed E-state index contributed by atoms with van der Waals surface area (Å²) in [5.41, 5.74) is -0.442. The Morgan fingerprint density at radius 1 is 1.26 bits per heavy atom. The third-order valence-corrected chi connectivity index (χ3v) is 4.90. The van der Waals surface area contributed by atoms with Crippen LogP contribution >= 0.6 is 22.6 Å². The number of hydrogen-bond donors (Lipinski definition) is 1. The highest BCUT2D eigenvalue weighted by molar-refractivity contribution is 14.1. The van der Waals surface area contributed by atoms with Crippen molar-refractivity contribution in [2.75, 3.05) is 5.32 Å². The van der Waals surface area contributed by atoms with Crippen molar-refractivity contribution < 1.29 is 9.53 Å². The zero-order valence-corrected chi connectivity index (χ0v) is 15.9. The van der Waals surface area contributed by atoms with Crippen molar-refractivity contribution in [1.82, 2.24) is 15.1 Å². The summed E-state index contributed by atoms with van der Waals surface area (Å²) >= 11 is 2.14. The van der Waals surface area contributed by atoms with Gasteiger partial charge in [-0.05, 0) is 81.2 Å². The van der Waals surface area contributed by atoms with Gasteiger partial charge in [0.2, 0.25) is 0 Å². The predicted octanol–water partition coefficient (Wildman–Crippen LogP) is 3.42. The largest absolute Gasteiger partial charge is 0.444 e. The minimum absolute atomic E-state index is 0.169. The van der Waals surface area contributed by atoms with Gasteiger partial charge in [0.25, 0.3) is 0 Å². The molecule has 2 aliphatic heterocycles. The molecule has 3 atom stereocenters. The summed E-state index contributed by atoms with van der Waals surface area (Å²) in [6.07, 6.45) is 3.81. The van der Waals surface area contributed by atoms with Crippen molar-refractivity contribution in [3.05, 3.63) is 15.8 Å². The number of nitrogens with zero attached hydrogens (tertiary/aromatic N) is 3. The average Bonchev–Trinajstić information content (AvgIpc) is 2.72. The van der Waals surface area contributed by atoms with Crippen molar-refractivity contribution in [3.8, 4) is 0 Å². The monoisotopic (exact) mass is 430 g/mol. The number of carbonyl (C=O) groups excluding carboxylic acids is 1. The van der Waals surface area contributed by atoms with E-state index in [1.165, 1.54) is 0 Å². The molecule has 126 valence electrons. The van der Waals surface area contributed by atoms with E-state index in [-0.39, 0.29) is 18.2 Å². The first kappa shape index (κ1) is 16.7. The Kier molecular flexibility index (Phi) is 4.66. The smallest absolute Gasteiger partial charge is 0.410 e. The molecule has 7 heteroatoms. The molecule has 0 aromatic carbocycles. The number of halogens is 1. The van der Waals surface area contributed by atoms with Crippen LogP contribution in [0.15, 0.2) is 12.1 Å². The zero-order valence-electron chi connectivity index (χ0n) is 13.8. The molecule has 0 radical (unpaired) electrons.